The topological polar surface area (TPSA) is 70.7 Å². The van der Waals surface area contributed by atoms with Crippen molar-refractivity contribution in [3.63, 3.8) is 0 Å². The Morgan fingerprint density at radius 1 is 1.24 bits per heavy atom. The first-order chi connectivity index (χ1) is 13.7. The van der Waals surface area contributed by atoms with Crippen molar-refractivity contribution in [3.05, 3.63) is 29.8 Å². The molecule has 0 radical (unpaired) electrons. The molecule has 1 unspecified atom stereocenters. The number of hydrogen-bond donors (Lipinski definition) is 2. The zero-order chi connectivity index (χ0) is 21.4. The number of ether oxygens (including phenoxy) is 1. The smallest absolute Gasteiger partial charge is 0.260 e. The highest BCUT2D eigenvalue weighted by molar-refractivity contribution is 5.81. The molecule has 6 nitrogen and oxygen atoms in total. The third kappa shape index (κ3) is 7.69. The third-order valence-electron chi connectivity index (χ3n) is 5.26. The van der Waals surface area contributed by atoms with Crippen molar-refractivity contribution >= 4 is 11.8 Å². The van der Waals surface area contributed by atoms with E-state index in [9.17, 15) is 9.59 Å². The van der Waals surface area contributed by atoms with Crippen LogP contribution in [0.1, 0.15) is 59.4 Å². The van der Waals surface area contributed by atoms with E-state index in [2.05, 4.69) is 42.4 Å². The van der Waals surface area contributed by atoms with Crippen LogP contribution in [0, 0.1) is 0 Å². The van der Waals surface area contributed by atoms with Crippen LogP contribution in [0.2, 0.25) is 0 Å². The van der Waals surface area contributed by atoms with Crippen LogP contribution in [0.15, 0.2) is 24.3 Å². The van der Waals surface area contributed by atoms with E-state index in [-0.39, 0.29) is 23.3 Å². The van der Waals surface area contributed by atoms with Gasteiger partial charge in [-0.15, -0.1) is 0 Å². The lowest BCUT2D eigenvalue weighted by Crippen LogP contribution is -2.49. The summed E-state index contributed by atoms with van der Waals surface area (Å²) >= 11 is 0. The van der Waals surface area contributed by atoms with Crippen molar-refractivity contribution in [2.75, 3.05) is 26.2 Å². The van der Waals surface area contributed by atoms with Gasteiger partial charge in [0, 0.05) is 25.7 Å². The second kappa shape index (κ2) is 10.6. The molecule has 1 aliphatic heterocycles. The molecular weight excluding hydrogens is 366 g/mol. The molecule has 0 saturated carbocycles. The average molecular weight is 404 g/mol. The van der Waals surface area contributed by atoms with Crippen LogP contribution in [0.4, 0.5) is 0 Å². The lowest BCUT2D eigenvalue weighted by atomic mass is 9.87. The lowest BCUT2D eigenvalue weighted by molar-refractivity contribution is -0.128. The molecule has 0 aliphatic carbocycles. The van der Waals surface area contributed by atoms with Gasteiger partial charge in [-0.2, -0.15) is 0 Å². The van der Waals surface area contributed by atoms with Crippen LogP contribution in [-0.2, 0) is 15.0 Å². The van der Waals surface area contributed by atoms with Gasteiger partial charge in [0.15, 0.2) is 6.10 Å². The minimum Gasteiger partial charge on any atom is -0.481 e. The molecule has 1 saturated heterocycles. The Labute approximate surface area is 175 Å². The molecule has 0 bridgehead atoms. The minimum atomic E-state index is -0.553. The molecule has 0 spiro atoms. The molecule has 2 amide bonds. The number of likely N-dealkylation sites (tertiary alicyclic amines) is 1. The van der Waals surface area contributed by atoms with Crippen LogP contribution in [0.25, 0.3) is 0 Å². The van der Waals surface area contributed by atoms with E-state index in [1.165, 1.54) is 5.56 Å². The van der Waals surface area contributed by atoms with Gasteiger partial charge in [-0.1, -0.05) is 39.8 Å². The number of carbonyl (C=O) groups is 2. The first-order valence-corrected chi connectivity index (χ1v) is 10.8. The highest BCUT2D eigenvalue weighted by Gasteiger charge is 2.24. The number of hydrogen-bond acceptors (Lipinski definition) is 4. The highest BCUT2D eigenvalue weighted by Crippen LogP contribution is 2.26. The average Bonchev–Trinajstić information content (AvgIpc) is 2.67. The molecule has 1 atom stereocenters. The first kappa shape index (κ1) is 23.2. The standard InChI is InChI=1S/C23H37N3O3/c1-6-12-24-21(27)16-26-13-10-19(11-14-26)25-22(28)17(2)29-20-9-7-8-18(15-20)23(3,4)5/h7-9,15,17,19H,6,10-14,16H2,1-5H3,(H,24,27)(H,25,28). The molecule has 1 aliphatic rings. The number of nitrogens with zero attached hydrogens (tertiary/aromatic N) is 1. The van der Waals surface area contributed by atoms with Gasteiger partial charge in [0.25, 0.3) is 5.91 Å². The molecule has 1 aromatic rings. The van der Waals surface area contributed by atoms with Crippen molar-refractivity contribution in [2.24, 2.45) is 0 Å². The fourth-order valence-electron chi connectivity index (χ4n) is 3.37. The Balaban J connectivity index is 1.77. The molecular formula is C23H37N3O3. The summed E-state index contributed by atoms with van der Waals surface area (Å²) in [5.74, 6) is 0.701. The number of nitrogens with one attached hydrogen (secondary N) is 2. The van der Waals surface area contributed by atoms with E-state index >= 15 is 0 Å². The summed E-state index contributed by atoms with van der Waals surface area (Å²) in [6, 6.07) is 8.07. The fraction of sp³-hybridized carbons (Fsp3) is 0.652. The third-order valence-corrected chi connectivity index (χ3v) is 5.26. The second-order valence-corrected chi connectivity index (χ2v) is 8.95. The van der Waals surface area contributed by atoms with E-state index in [0.29, 0.717) is 12.3 Å². The van der Waals surface area contributed by atoms with Gasteiger partial charge >= 0.3 is 0 Å². The van der Waals surface area contributed by atoms with Crippen molar-refractivity contribution < 1.29 is 14.3 Å². The summed E-state index contributed by atoms with van der Waals surface area (Å²) < 4.78 is 5.89. The molecule has 0 aromatic heterocycles. The lowest BCUT2D eigenvalue weighted by Gasteiger charge is -2.32. The Hall–Kier alpha value is -2.08. The summed E-state index contributed by atoms with van der Waals surface area (Å²) in [4.78, 5) is 26.5. The molecule has 6 heteroatoms. The summed E-state index contributed by atoms with van der Waals surface area (Å²) in [6.07, 6.45) is 2.08. The van der Waals surface area contributed by atoms with E-state index < -0.39 is 6.10 Å². The van der Waals surface area contributed by atoms with Crippen LogP contribution in [-0.4, -0.2) is 55.0 Å². The summed E-state index contributed by atoms with van der Waals surface area (Å²) in [5.41, 5.74) is 1.21. The maximum absolute atomic E-state index is 12.6. The zero-order valence-electron chi connectivity index (χ0n) is 18.6. The van der Waals surface area contributed by atoms with Crippen molar-refractivity contribution in [3.8, 4) is 5.75 Å². The van der Waals surface area contributed by atoms with Gasteiger partial charge in [0.2, 0.25) is 5.91 Å². The van der Waals surface area contributed by atoms with Gasteiger partial charge in [-0.3, -0.25) is 14.5 Å². The van der Waals surface area contributed by atoms with E-state index in [4.69, 9.17) is 4.74 Å². The molecule has 162 valence electrons. The molecule has 1 aromatic carbocycles. The largest absolute Gasteiger partial charge is 0.481 e. The van der Waals surface area contributed by atoms with Gasteiger partial charge in [0.05, 0.1) is 6.54 Å². The van der Waals surface area contributed by atoms with Gasteiger partial charge in [-0.05, 0) is 49.3 Å². The Morgan fingerprint density at radius 3 is 2.55 bits per heavy atom. The number of amides is 2. The van der Waals surface area contributed by atoms with E-state index in [1.807, 2.05) is 25.1 Å². The Bertz CT molecular complexity index is 676. The second-order valence-electron chi connectivity index (χ2n) is 8.95. The number of rotatable bonds is 8. The Kier molecular flexibility index (Phi) is 8.50. The molecule has 1 fully saturated rings. The number of benzene rings is 1. The monoisotopic (exact) mass is 403 g/mol. The van der Waals surface area contributed by atoms with Crippen molar-refractivity contribution in [2.45, 2.75) is 71.4 Å². The van der Waals surface area contributed by atoms with Gasteiger partial charge in [0.1, 0.15) is 5.75 Å². The maximum atomic E-state index is 12.6. The van der Waals surface area contributed by atoms with Crippen LogP contribution in [0.5, 0.6) is 5.75 Å². The molecule has 2 N–H and O–H groups in total. The number of carbonyl (C=O) groups excluding carboxylic acids is 2. The fourth-order valence-corrected chi connectivity index (χ4v) is 3.37. The zero-order valence-corrected chi connectivity index (χ0v) is 18.6. The van der Waals surface area contributed by atoms with Crippen LogP contribution < -0.4 is 15.4 Å². The SMILES string of the molecule is CCCNC(=O)CN1CCC(NC(=O)C(C)Oc2cccc(C(C)(C)C)c2)CC1. The highest BCUT2D eigenvalue weighted by atomic mass is 16.5. The Morgan fingerprint density at radius 2 is 1.93 bits per heavy atom. The summed E-state index contributed by atoms with van der Waals surface area (Å²) in [5, 5.41) is 6.01. The number of piperidine rings is 1. The van der Waals surface area contributed by atoms with Crippen LogP contribution >= 0.6 is 0 Å². The summed E-state index contributed by atoms with van der Waals surface area (Å²) in [7, 11) is 0. The van der Waals surface area contributed by atoms with Gasteiger partial charge < -0.3 is 15.4 Å². The first-order valence-electron chi connectivity index (χ1n) is 10.8. The normalized spacial score (nSPS) is 16.9. The molecule has 1 heterocycles. The molecule has 2 rings (SSSR count). The minimum absolute atomic E-state index is 0.0340. The molecule has 29 heavy (non-hydrogen) atoms. The predicted molar refractivity (Wildman–Crippen MR) is 116 cm³/mol. The predicted octanol–water partition coefficient (Wildman–Crippen LogP) is 2.86. The van der Waals surface area contributed by atoms with Crippen molar-refractivity contribution in [1.29, 1.82) is 0 Å². The van der Waals surface area contributed by atoms with Gasteiger partial charge in [-0.25, -0.2) is 0 Å². The van der Waals surface area contributed by atoms with E-state index in [0.717, 1.165) is 38.9 Å². The summed E-state index contributed by atoms with van der Waals surface area (Å²) in [6.45, 7) is 13.1. The van der Waals surface area contributed by atoms with E-state index in [1.54, 1.807) is 6.92 Å². The van der Waals surface area contributed by atoms with Crippen LogP contribution in [0.3, 0.4) is 0 Å². The maximum Gasteiger partial charge on any atom is 0.260 e. The van der Waals surface area contributed by atoms with Crippen molar-refractivity contribution in [1.82, 2.24) is 15.5 Å². The quantitative estimate of drug-likeness (QED) is 0.700.